The van der Waals surface area contributed by atoms with Crippen molar-refractivity contribution in [2.45, 2.75) is 26.5 Å². The summed E-state index contributed by atoms with van der Waals surface area (Å²) in [5.74, 6) is -1.07. The van der Waals surface area contributed by atoms with Crippen molar-refractivity contribution in [3.05, 3.63) is 52.9 Å². The molecule has 7 heteroatoms. The van der Waals surface area contributed by atoms with Gasteiger partial charge in [0, 0.05) is 6.07 Å². The molecular weight excluding hydrogens is 300 g/mol. The fourth-order valence-corrected chi connectivity index (χ4v) is 2.42. The maximum absolute atomic E-state index is 12.3. The number of hydrogen-bond donors (Lipinski definition) is 0. The molecule has 1 aliphatic rings. The predicted molar refractivity (Wildman–Crippen MR) is 77.4 cm³/mol. The van der Waals surface area contributed by atoms with E-state index < -0.39 is 23.8 Å². The molecule has 118 valence electrons. The van der Waals surface area contributed by atoms with E-state index in [2.05, 4.69) is 5.16 Å². The van der Waals surface area contributed by atoms with Gasteiger partial charge in [-0.2, -0.15) is 0 Å². The van der Waals surface area contributed by atoms with E-state index in [0.29, 0.717) is 22.6 Å². The Balaban J connectivity index is 1.71. The number of hydrogen-bond acceptors (Lipinski definition) is 6. The van der Waals surface area contributed by atoms with Crippen LogP contribution in [0.5, 0.6) is 0 Å². The van der Waals surface area contributed by atoms with Crippen molar-refractivity contribution < 1.29 is 23.6 Å². The monoisotopic (exact) mass is 314 g/mol. The van der Waals surface area contributed by atoms with Crippen molar-refractivity contribution in [2.24, 2.45) is 0 Å². The van der Waals surface area contributed by atoms with Crippen LogP contribution in [0.25, 0.3) is 0 Å². The molecule has 7 nitrogen and oxygen atoms in total. The van der Waals surface area contributed by atoms with E-state index in [0.717, 1.165) is 4.90 Å². The Kier molecular flexibility index (Phi) is 3.69. The summed E-state index contributed by atoms with van der Waals surface area (Å²) in [6.07, 6.45) is 0. The highest BCUT2D eigenvalue weighted by molar-refractivity contribution is 6.22. The molecule has 0 saturated heterocycles. The minimum Gasteiger partial charge on any atom is -0.458 e. The van der Waals surface area contributed by atoms with Gasteiger partial charge in [-0.3, -0.25) is 14.5 Å². The Morgan fingerprint density at radius 1 is 1.26 bits per heavy atom. The summed E-state index contributed by atoms with van der Waals surface area (Å²) >= 11 is 0. The summed E-state index contributed by atoms with van der Waals surface area (Å²) in [6.45, 7) is 3.10. The topological polar surface area (TPSA) is 89.7 Å². The van der Waals surface area contributed by atoms with Crippen molar-refractivity contribution in [2.75, 3.05) is 0 Å². The smallest absolute Gasteiger partial charge is 0.329 e. The first kappa shape index (κ1) is 15.0. The number of carbonyl (C=O) groups excluding carboxylic acids is 3. The SMILES string of the molecule is Cc1cc(COC(=O)[C@H](C)N2C(=O)c3ccccc3C2=O)no1. The number of nitrogens with zero attached hydrogens (tertiary/aromatic N) is 2. The predicted octanol–water partition coefficient (Wildman–Crippen LogP) is 1.71. The van der Waals surface area contributed by atoms with Crippen LogP contribution in [0.3, 0.4) is 0 Å². The first-order valence-electron chi connectivity index (χ1n) is 7.05. The molecule has 0 saturated carbocycles. The van der Waals surface area contributed by atoms with E-state index in [1.165, 1.54) is 6.92 Å². The third-order valence-corrected chi connectivity index (χ3v) is 3.59. The maximum Gasteiger partial charge on any atom is 0.329 e. The minimum absolute atomic E-state index is 0.0797. The summed E-state index contributed by atoms with van der Waals surface area (Å²) < 4.78 is 9.98. The van der Waals surface area contributed by atoms with Crippen molar-refractivity contribution in [3.63, 3.8) is 0 Å². The highest BCUT2D eigenvalue weighted by Crippen LogP contribution is 2.24. The standard InChI is InChI=1S/C16H14N2O5/c1-9-7-11(17-23-9)8-22-16(21)10(2)18-14(19)12-5-3-4-6-13(12)15(18)20/h3-7,10H,8H2,1-2H3/t10-/m0/s1. The number of aryl methyl sites for hydroxylation is 1. The molecule has 0 spiro atoms. The molecular formula is C16H14N2O5. The van der Waals surface area contributed by atoms with Crippen molar-refractivity contribution in [3.8, 4) is 0 Å². The number of imide groups is 1. The molecule has 0 bridgehead atoms. The van der Waals surface area contributed by atoms with Gasteiger partial charge in [-0.05, 0) is 26.0 Å². The van der Waals surface area contributed by atoms with Crippen LogP contribution >= 0.6 is 0 Å². The van der Waals surface area contributed by atoms with Crippen molar-refractivity contribution in [1.29, 1.82) is 0 Å². The van der Waals surface area contributed by atoms with Gasteiger partial charge in [-0.1, -0.05) is 17.3 Å². The maximum atomic E-state index is 12.3. The van der Waals surface area contributed by atoms with Crippen LogP contribution in [0, 0.1) is 6.92 Å². The molecule has 3 rings (SSSR count). The van der Waals surface area contributed by atoms with Gasteiger partial charge < -0.3 is 9.26 Å². The van der Waals surface area contributed by atoms with Gasteiger partial charge in [-0.25, -0.2) is 4.79 Å². The number of amides is 2. The first-order valence-corrected chi connectivity index (χ1v) is 7.05. The van der Waals surface area contributed by atoms with Gasteiger partial charge in [0.1, 0.15) is 24.1 Å². The number of ether oxygens (including phenoxy) is 1. The number of carbonyl (C=O) groups is 3. The van der Waals surface area contributed by atoms with Gasteiger partial charge >= 0.3 is 5.97 Å². The molecule has 2 aromatic rings. The molecule has 23 heavy (non-hydrogen) atoms. The number of aromatic nitrogens is 1. The largest absolute Gasteiger partial charge is 0.458 e. The molecule has 0 N–H and O–H groups in total. The fourth-order valence-electron chi connectivity index (χ4n) is 2.42. The molecule has 2 amide bonds. The van der Waals surface area contributed by atoms with Crippen molar-refractivity contribution >= 4 is 17.8 Å². The number of benzene rings is 1. The lowest BCUT2D eigenvalue weighted by Gasteiger charge is -2.20. The lowest BCUT2D eigenvalue weighted by Crippen LogP contribution is -2.43. The van der Waals surface area contributed by atoms with E-state index in [1.807, 2.05) is 0 Å². The normalized spacial score (nSPS) is 14.8. The molecule has 2 heterocycles. The van der Waals surface area contributed by atoms with E-state index in [4.69, 9.17) is 9.26 Å². The highest BCUT2D eigenvalue weighted by Gasteiger charge is 2.41. The molecule has 0 unspecified atom stereocenters. The lowest BCUT2D eigenvalue weighted by atomic mass is 10.1. The second kappa shape index (κ2) is 5.68. The van der Waals surface area contributed by atoms with Gasteiger partial charge in [0.05, 0.1) is 11.1 Å². The Labute approximate surface area is 131 Å². The molecule has 1 atom stereocenters. The van der Waals surface area contributed by atoms with Crippen LogP contribution in [-0.4, -0.2) is 33.9 Å². The quantitative estimate of drug-likeness (QED) is 0.630. The van der Waals surface area contributed by atoms with Crippen LogP contribution in [0.1, 0.15) is 39.1 Å². The van der Waals surface area contributed by atoms with Crippen LogP contribution in [0.2, 0.25) is 0 Å². The first-order chi connectivity index (χ1) is 11.0. The summed E-state index contributed by atoms with van der Waals surface area (Å²) in [6, 6.07) is 7.08. The second-order valence-corrected chi connectivity index (χ2v) is 5.24. The number of esters is 1. The summed E-state index contributed by atoms with van der Waals surface area (Å²) in [7, 11) is 0. The average molecular weight is 314 g/mol. The van der Waals surface area contributed by atoms with Crippen molar-refractivity contribution in [1.82, 2.24) is 10.1 Å². The second-order valence-electron chi connectivity index (χ2n) is 5.24. The highest BCUT2D eigenvalue weighted by atomic mass is 16.5. The minimum atomic E-state index is -1.02. The zero-order valence-corrected chi connectivity index (χ0v) is 12.6. The van der Waals surface area contributed by atoms with Crippen LogP contribution in [0.4, 0.5) is 0 Å². The molecule has 1 aromatic carbocycles. The Morgan fingerprint density at radius 3 is 2.39 bits per heavy atom. The number of rotatable bonds is 4. The van der Waals surface area contributed by atoms with Gasteiger partial charge in [0.15, 0.2) is 0 Å². The van der Waals surface area contributed by atoms with Gasteiger partial charge in [-0.15, -0.1) is 0 Å². The fraction of sp³-hybridized carbons (Fsp3) is 0.250. The molecule has 0 fully saturated rings. The summed E-state index contributed by atoms with van der Waals surface area (Å²) in [5.41, 5.74) is 1.05. The van der Waals surface area contributed by atoms with E-state index in [1.54, 1.807) is 37.3 Å². The zero-order valence-electron chi connectivity index (χ0n) is 12.6. The zero-order chi connectivity index (χ0) is 16.6. The summed E-state index contributed by atoms with van der Waals surface area (Å²) in [4.78, 5) is 37.6. The Hall–Kier alpha value is -2.96. The molecule has 1 aliphatic heterocycles. The number of fused-ring (bicyclic) bond motifs is 1. The average Bonchev–Trinajstić information content (AvgIpc) is 3.07. The van der Waals surface area contributed by atoms with Gasteiger partial charge in [0.25, 0.3) is 11.8 Å². The third kappa shape index (κ3) is 2.61. The Morgan fingerprint density at radius 2 is 1.87 bits per heavy atom. The van der Waals surface area contributed by atoms with E-state index in [9.17, 15) is 14.4 Å². The third-order valence-electron chi connectivity index (χ3n) is 3.59. The van der Waals surface area contributed by atoms with Gasteiger partial charge in [0.2, 0.25) is 0 Å². The van der Waals surface area contributed by atoms with E-state index in [-0.39, 0.29) is 6.61 Å². The molecule has 0 radical (unpaired) electrons. The molecule has 0 aliphatic carbocycles. The van der Waals surface area contributed by atoms with Crippen LogP contribution < -0.4 is 0 Å². The molecule has 1 aromatic heterocycles. The van der Waals surface area contributed by atoms with Crippen LogP contribution in [-0.2, 0) is 16.1 Å². The Bertz CT molecular complexity index is 760. The summed E-state index contributed by atoms with van der Waals surface area (Å²) in [5, 5.41) is 3.71. The lowest BCUT2D eigenvalue weighted by molar-refractivity contribution is -0.149. The van der Waals surface area contributed by atoms with Crippen LogP contribution in [0.15, 0.2) is 34.9 Å². The van der Waals surface area contributed by atoms with E-state index >= 15 is 0 Å².